The van der Waals surface area contributed by atoms with Crippen LogP contribution in [0.4, 0.5) is 5.82 Å². The zero-order chi connectivity index (χ0) is 14.3. The summed E-state index contributed by atoms with van der Waals surface area (Å²) in [5.74, 6) is 1.39. The van der Waals surface area contributed by atoms with Gasteiger partial charge in [-0.1, -0.05) is 25.4 Å². The van der Waals surface area contributed by atoms with Gasteiger partial charge in [-0.25, -0.2) is 9.97 Å². The first kappa shape index (κ1) is 14.1. The molecule has 2 atom stereocenters. The minimum Gasteiger partial charge on any atom is -0.355 e. The van der Waals surface area contributed by atoms with Gasteiger partial charge in [0.2, 0.25) is 0 Å². The molecule has 110 valence electrons. The Morgan fingerprint density at radius 3 is 2.70 bits per heavy atom. The number of likely N-dealkylation sites (N-methyl/N-ethyl adjacent to an activating group) is 1. The number of rotatable bonds is 2. The highest BCUT2D eigenvalue weighted by Gasteiger charge is 2.35. The lowest BCUT2D eigenvalue weighted by molar-refractivity contribution is 0.254. The van der Waals surface area contributed by atoms with Crippen LogP contribution >= 0.6 is 11.6 Å². The number of fused-ring (bicyclic) bond motifs is 2. The summed E-state index contributed by atoms with van der Waals surface area (Å²) in [5, 5.41) is 0.604. The van der Waals surface area contributed by atoms with Gasteiger partial charge in [0.15, 0.2) is 0 Å². The highest BCUT2D eigenvalue weighted by Crippen LogP contribution is 2.34. The topological polar surface area (TPSA) is 32.3 Å². The summed E-state index contributed by atoms with van der Waals surface area (Å²) < 4.78 is 0. The fourth-order valence-electron chi connectivity index (χ4n) is 3.62. The van der Waals surface area contributed by atoms with Crippen LogP contribution in [0.1, 0.15) is 44.6 Å². The van der Waals surface area contributed by atoms with E-state index in [4.69, 9.17) is 11.6 Å². The Balaban J connectivity index is 1.92. The molecular formula is C15H23ClN4. The van der Waals surface area contributed by atoms with Crippen molar-refractivity contribution < 1.29 is 0 Å². The standard InChI is InChI=1S/C15H23ClN4/c1-10(2)13-14(16)17-9-18-15(13)20-7-6-11-4-5-12(8-20)19(11)3/h9-12H,4-8H2,1-3H3. The first-order valence-electron chi connectivity index (χ1n) is 7.55. The Kier molecular flexibility index (Phi) is 3.87. The lowest BCUT2D eigenvalue weighted by Crippen LogP contribution is -2.37. The van der Waals surface area contributed by atoms with E-state index in [0.717, 1.165) is 30.5 Å². The van der Waals surface area contributed by atoms with Gasteiger partial charge in [-0.05, 0) is 32.2 Å². The average Bonchev–Trinajstić information content (AvgIpc) is 2.62. The van der Waals surface area contributed by atoms with Crippen molar-refractivity contribution in [2.24, 2.45) is 0 Å². The minimum absolute atomic E-state index is 0.344. The molecule has 0 aliphatic carbocycles. The number of hydrogen-bond acceptors (Lipinski definition) is 4. The Labute approximate surface area is 126 Å². The maximum Gasteiger partial charge on any atom is 0.138 e. The molecule has 0 saturated carbocycles. The van der Waals surface area contributed by atoms with Crippen LogP contribution in [0.3, 0.4) is 0 Å². The lowest BCUT2D eigenvalue weighted by atomic mass is 10.0. The Hall–Kier alpha value is -0.870. The SMILES string of the molecule is CC(C)c1c(Cl)ncnc1N1CCC2CCC(C1)N2C. The average molecular weight is 295 g/mol. The summed E-state index contributed by atoms with van der Waals surface area (Å²) in [6.45, 7) is 6.44. The molecule has 2 aliphatic rings. The van der Waals surface area contributed by atoms with E-state index in [9.17, 15) is 0 Å². The molecule has 2 bridgehead atoms. The smallest absolute Gasteiger partial charge is 0.138 e. The van der Waals surface area contributed by atoms with Crippen molar-refractivity contribution in [3.63, 3.8) is 0 Å². The summed E-state index contributed by atoms with van der Waals surface area (Å²) in [7, 11) is 2.27. The zero-order valence-corrected chi connectivity index (χ0v) is 13.3. The molecular weight excluding hydrogens is 272 g/mol. The number of nitrogens with zero attached hydrogens (tertiary/aromatic N) is 4. The van der Waals surface area contributed by atoms with Crippen molar-refractivity contribution in [2.75, 3.05) is 25.0 Å². The molecule has 0 spiro atoms. The molecule has 2 unspecified atom stereocenters. The number of anilines is 1. The monoisotopic (exact) mass is 294 g/mol. The molecule has 3 rings (SSSR count). The first-order chi connectivity index (χ1) is 9.58. The molecule has 3 heterocycles. The van der Waals surface area contributed by atoms with E-state index in [2.05, 4.69) is 40.7 Å². The third kappa shape index (κ3) is 2.40. The van der Waals surface area contributed by atoms with Gasteiger partial charge in [0.25, 0.3) is 0 Å². The van der Waals surface area contributed by atoms with Gasteiger partial charge in [-0.2, -0.15) is 0 Å². The summed E-state index contributed by atoms with van der Waals surface area (Å²) in [6.07, 6.45) is 5.45. The fourth-order valence-corrected chi connectivity index (χ4v) is 3.96. The molecule has 2 saturated heterocycles. The van der Waals surface area contributed by atoms with Crippen LogP contribution in [0.25, 0.3) is 0 Å². The van der Waals surface area contributed by atoms with Crippen LogP contribution < -0.4 is 4.90 Å². The van der Waals surface area contributed by atoms with Crippen LogP contribution in [0.15, 0.2) is 6.33 Å². The molecule has 5 heteroatoms. The van der Waals surface area contributed by atoms with E-state index in [-0.39, 0.29) is 0 Å². The van der Waals surface area contributed by atoms with Gasteiger partial charge in [0.05, 0.1) is 0 Å². The van der Waals surface area contributed by atoms with Crippen LogP contribution in [0.5, 0.6) is 0 Å². The molecule has 0 N–H and O–H groups in total. The van der Waals surface area contributed by atoms with E-state index in [0.29, 0.717) is 17.1 Å². The van der Waals surface area contributed by atoms with Crippen LogP contribution in [0.2, 0.25) is 5.15 Å². The second-order valence-electron chi connectivity index (χ2n) is 6.34. The molecule has 0 amide bonds. The summed E-state index contributed by atoms with van der Waals surface area (Å²) in [4.78, 5) is 13.7. The summed E-state index contributed by atoms with van der Waals surface area (Å²) in [5.41, 5.74) is 1.09. The van der Waals surface area contributed by atoms with Gasteiger partial charge < -0.3 is 4.90 Å². The van der Waals surface area contributed by atoms with Gasteiger partial charge in [0, 0.05) is 30.7 Å². The molecule has 2 aliphatic heterocycles. The van der Waals surface area contributed by atoms with Gasteiger partial charge in [-0.15, -0.1) is 0 Å². The van der Waals surface area contributed by atoms with Gasteiger partial charge in [0.1, 0.15) is 17.3 Å². The zero-order valence-electron chi connectivity index (χ0n) is 12.5. The summed E-state index contributed by atoms with van der Waals surface area (Å²) >= 11 is 6.30. The molecule has 0 aromatic carbocycles. The first-order valence-corrected chi connectivity index (χ1v) is 7.93. The second-order valence-corrected chi connectivity index (χ2v) is 6.70. The predicted molar refractivity (Wildman–Crippen MR) is 82.5 cm³/mol. The molecule has 1 aromatic heterocycles. The van der Waals surface area contributed by atoms with Crippen molar-refractivity contribution in [3.05, 3.63) is 17.0 Å². The van der Waals surface area contributed by atoms with E-state index >= 15 is 0 Å². The molecule has 1 aromatic rings. The summed E-state index contributed by atoms with van der Waals surface area (Å²) in [6, 6.07) is 1.39. The molecule has 4 nitrogen and oxygen atoms in total. The Morgan fingerprint density at radius 2 is 1.95 bits per heavy atom. The van der Waals surface area contributed by atoms with Crippen molar-refractivity contribution in [1.82, 2.24) is 14.9 Å². The van der Waals surface area contributed by atoms with Gasteiger partial charge in [-0.3, -0.25) is 4.90 Å². The van der Waals surface area contributed by atoms with Crippen LogP contribution in [-0.2, 0) is 0 Å². The second kappa shape index (κ2) is 5.49. The normalized spacial score (nSPS) is 27.1. The van der Waals surface area contributed by atoms with Crippen molar-refractivity contribution in [3.8, 4) is 0 Å². The van der Waals surface area contributed by atoms with E-state index in [1.807, 2.05) is 0 Å². The van der Waals surface area contributed by atoms with Crippen molar-refractivity contribution >= 4 is 17.4 Å². The third-order valence-corrected chi connectivity index (χ3v) is 5.14. The van der Waals surface area contributed by atoms with Crippen LogP contribution in [-0.4, -0.2) is 47.1 Å². The quantitative estimate of drug-likeness (QED) is 0.785. The highest BCUT2D eigenvalue weighted by atomic mass is 35.5. The van der Waals surface area contributed by atoms with Crippen LogP contribution in [0, 0.1) is 0 Å². The Morgan fingerprint density at radius 1 is 1.20 bits per heavy atom. The van der Waals surface area contributed by atoms with Gasteiger partial charge >= 0.3 is 0 Å². The van der Waals surface area contributed by atoms with Crippen molar-refractivity contribution in [2.45, 2.75) is 51.1 Å². The number of halogens is 1. The predicted octanol–water partition coefficient (Wildman–Crippen LogP) is 2.93. The van der Waals surface area contributed by atoms with E-state index in [1.165, 1.54) is 19.3 Å². The minimum atomic E-state index is 0.344. The van der Waals surface area contributed by atoms with E-state index < -0.39 is 0 Å². The molecule has 20 heavy (non-hydrogen) atoms. The number of hydrogen-bond donors (Lipinski definition) is 0. The third-order valence-electron chi connectivity index (χ3n) is 4.84. The highest BCUT2D eigenvalue weighted by molar-refractivity contribution is 6.30. The number of aromatic nitrogens is 2. The fraction of sp³-hybridized carbons (Fsp3) is 0.733. The maximum absolute atomic E-state index is 6.30. The molecule has 2 fully saturated rings. The van der Waals surface area contributed by atoms with Crippen molar-refractivity contribution in [1.29, 1.82) is 0 Å². The lowest BCUT2D eigenvalue weighted by Gasteiger charge is -2.29. The largest absolute Gasteiger partial charge is 0.355 e. The molecule has 0 radical (unpaired) electrons. The van der Waals surface area contributed by atoms with E-state index in [1.54, 1.807) is 6.33 Å². The maximum atomic E-state index is 6.30. The Bertz CT molecular complexity index is 491.